The summed E-state index contributed by atoms with van der Waals surface area (Å²) in [5.74, 6) is 0.0209. The number of hydrogen-bond acceptors (Lipinski definition) is 7. The molecule has 1 aromatic rings. The largest absolute Gasteiger partial charge is 0.382 e. The fourth-order valence-electron chi connectivity index (χ4n) is 1.66. The zero-order chi connectivity index (χ0) is 13.7. The fraction of sp³-hybridized carbons (Fsp3) is 0.636. The summed E-state index contributed by atoms with van der Waals surface area (Å²) in [4.78, 5) is 16.5. The standard InChI is InChI=1S/C11H18N4O3S/c1-2-13-11-15-9(12)8(19-11)10(16)14-5-7-6-17-3-4-18-7/h7H,2-6,12H2,1H3,(H,13,15)(H,14,16). The number of rotatable bonds is 5. The Kier molecular flexibility index (Phi) is 4.94. The van der Waals surface area contributed by atoms with Crippen molar-refractivity contribution < 1.29 is 14.3 Å². The minimum Gasteiger partial charge on any atom is -0.382 e. The summed E-state index contributed by atoms with van der Waals surface area (Å²) < 4.78 is 10.7. The lowest BCUT2D eigenvalue weighted by atomic mass is 10.3. The van der Waals surface area contributed by atoms with E-state index in [0.29, 0.717) is 36.4 Å². The Morgan fingerprint density at radius 3 is 3.11 bits per heavy atom. The van der Waals surface area contributed by atoms with Crippen molar-refractivity contribution in [2.45, 2.75) is 13.0 Å². The van der Waals surface area contributed by atoms with Gasteiger partial charge in [-0.2, -0.15) is 0 Å². The van der Waals surface area contributed by atoms with Crippen LogP contribution in [0.2, 0.25) is 0 Å². The van der Waals surface area contributed by atoms with E-state index >= 15 is 0 Å². The number of carbonyl (C=O) groups is 1. The van der Waals surface area contributed by atoms with Gasteiger partial charge in [0, 0.05) is 13.1 Å². The van der Waals surface area contributed by atoms with Gasteiger partial charge in [-0.15, -0.1) is 0 Å². The average molecular weight is 286 g/mol. The second-order valence-electron chi connectivity index (χ2n) is 4.04. The van der Waals surface area contributed by atoms with Crippen molar-refractivity contribution in [1.82, 2.24) is 10.3 Å². The van der Waals surface area contributed by atoms with Gasteiger partial charge < -0.3 is 25.8 Å². The maximum Gasteiger partial charge on any atom is 0.265 e. The number of thiazole rings is 1. The maximum atomic E-state index is 12.0. The number of nitrogens with two attached hydrogens (primary N) is 1. The van der Waals surface area contributed by atoms with Crippen LogP contribution >= 0.6 is 11.3 Å². The highest BCUT2D eigenvalue weighted by atomic mass is 32.1. The normalized spacial score (nSPS) is 19.1. The molecule has 106 valence electrons. The lowest BCUT2D eigenvalue weighted by molar-refractivity contribution is -0.0855. The summed E-state index contributed by atoms with van der Waals surface area (Å²) >= 11 is 1.25. The third-order valence-electron chi connectivity index (χ3n) is 2.56. The molecule has 7 nitrogen and oxygen atoms in total. The van der Waals surface area contributed by atoms with Gasteiger partial charge >= 0.3 is 0 Å². The summed E-state index contributed by atoms with van der Waals surface area (Å²) in [6, 6.07) is 0. The van der Waals surface area contributed by atoms with Crippen LogP contribution in [0.3, 0.4) is 0 Å². The van der Waals surface area contributed by atoms with Crippen LogP contribution in [0.1, 0.15) is 16.6 Å². The molecular weight excluding hydrogens is 268 g/mol. The molecule has 1 fully saturated rings. The molecule has 1 aliphatic rings. The van der Waals surface area contributed by atoms with E-state index in [1.807, 2.05) is 6.92 Å². The number of nitrogen functional groups attached to an aromatic ring is 1. The molecular formula is C11H18N4O3S. The zero-order valence-corrected chi connectivity index (χ0v) is 11.6. The van der Waals surface area contributed by atoms with Crippen molar-refractivity contribution in [2.24, 2.45) is 0 Å². The number of hydrogen-bond donors (Lipinski definition) is 3. The molecule has 1 aliphatic heterocycles. The second kappa shape index (κ2) is 6.69. The molecule has 0 saturated carbocycles. The molecule has 1 aromatic heterocycles. The van der Waals surface area contributed by atoms with E-state index in [2.05, 4.69) is 15.6 Å². The van der Waals surface area contributed by atoms with Crippen LogP contribution in [0, 0.1) is 0 Å². The number of anilines is 2. The summed E-state index contributed by atoms with van der Waals surface area (Å²) in [7, 11) is 0. The predicted molar refractivity (Wildman–Crippen MR) is 73.6 cm³/mol. The smallest absolute Gasteiger partial charge is 0.265 e. The topological polar surface area (TPSA) is 98.5 Å². The van der Waals surface area contributed by atoms with E-state index in [1.165, 1.54) is 11.3 Å². The van der Waals surface area contributed by atoms with E-state index in [9.17, 15) is 4.79 Å². The Balaban J connectivity index is 1.88. The average Bonchev–Trinajstić information content (AvgIpc) is 2.79. The molecule has 19 heavy (non-hydrogen) atoms. The summed E-state index contributed by atoms with van der Waals surface area (Å²) in [6.07, 6.45) is -0.0971. The van der Waals surface area contributed by atoms with Crippen molar-refractivity contribution in [3.8, 4) is 0 Å². The first-order chi connectivity index (χ1) is 9.20. The highest BCUT2D eigenvalue weighted by molar-refractivity contribution is 7.18. The summed E-state index contributed by atoms with van der Waals surface area (Å²) in [5, 5.41) is 6.47. The van der Waals surface area contributed by atoms with E-state index in [1.54, 1.807) is 0 Å². The van der Waals surface area contributed by atoms with Crippen LogP contribution in [0.25, 0.3) is 0 Å². The number of aromatic nitrogens is 1. The molecule has 1 saturated heterocycles. The van der Waals surface area contributed by atoms with Crippen LogP contribution in [-0.4, -0.2) is 49.9 Å². The van der Waals surface area contributed by atoms with Crippen LogP contribution < -0.4 is 16.4 Å². The SMILES string of the molecule is CCNc1nc(N)c(C(=O)NCC2COCCO2)s1. The lowest BCUT2D eigenvalue weighted by Crippen LogP contribution is -2.39. The molecule has 2 heterocycles. The second-order valence-corrected chi connectivity index (χ2v) is 5.04. The molecule has 4 N–H and O–H groups in total. The minimum absolute atomic E-state index is 0.0971. The summed E-state index contributed by atoms with van der Waals surface area (Å²) in [5.41, 5.74) is 5.72. The molecule has 1 amide bonds. The molecule has 0 spiro atoms. The Morgan fingerprint density at radius 1 is 1.58 bits per heavy atom. The molecule has 0 aromatic carbocycles. The Labute approximate surface area is 115 Å². The lowest BCUT2D eigenvalue weighted by Gasteiger charge is -2.22. The van der Waals surface area contributed by atoms with E-state index in [4.69, 9.17) is 15.2 Å². The minimum atomic E-state index is -0.228. The van der Waals surface area contributed by atoms with Crippen molar-refractivity contribution in [3.05, 3.63) is 4.88 Å². The number of carbonyl (C=O) groups excluding carboxylic acids is 1. The Bertz CT molecular complexity index is 432. The maximum absolute atomic E-state index is 12.0. The van der Waals surface area contributed by atoms with E-state index in [0.717, 1.165) is 6.54 Å². The molecule has 8 heteroatoms. The summed E-state index contributed by atoms with van der Waals surface area (Å²) in [6.45, 7) is 4.78. The molecule has 0 bridgehead atoms. The van der Waals surface area contributed by atoms with Crippen molar-refractivity contribution >= 4 is 28.2 Å². The number of ether oxygens (including phenoxy) is 2. The monoisotopic (exact) mass is 286 g/mol. The first kappa shape index (κ1) is 14.0. The van der Waals surface area contributed by atoms with Crippen LogP contribution in [0.15, 0.2) is 0 Å². The zero-order valence-electron chi connectivity index (χ0n) is 10.8. The Hall–Kier alpha value is -1.38. The third kappa shape index (κ3) is 3.79. The first-order valence-corrected chi connectivity index (χ1v) is 7.00. The molecule has 1 atom stereocenters. The Morgan fingerprint density at radius 2 is 2.42 bits per heavy atom. The third-order valence-corrected chi connectivity index (χ3v) is 3.59. The molecule has 1 unspecified atom stereocenters. The van der Waals surface area contributed by atoms with Crippen LogP contribution in [0.5, 0.6) is 0 Å². The van der Waals surface area contributed by atoms with Gasteiger partial charge in [-0.05, 0) is 6.92 Å². The van der Waals surface area contributed by atoms with E-state index < -0.39 is 0 Å². The van der Waals surface area contributed by atoms with Crippen LogP contribution in [-0.2, 0) is 9.47 Å². The van der Waals surface area contributed by atoms with Gasteiger partial charge in [-0.3, -0.25) is 4.79 Å². The van der Waals surface area contributed by atoms with Crippen molar-refractivity contribution in [3.63, 3.8) is 0 Å². The van der Waals surface area contributed by atoms with Crippen LogP contribution in [0.4, 0.5) is 10.9 Å². The van der Waals surface area contributed by atoms with Gasteiger partial charge in [-0.25, -0.2) is 4.98 Å². The number of nitrogens with one attached hydrogen (secondary N) is 2. The fourth-order valence-corrected chi connectivity index (χ4v) is 2.53. The number of amides is 1. The number of nitrogens with zero attached hydrogens (tertiary/aromatic N) is 1. The molecule has 0 radical (unpaired) electrons. The van der Waals surface area contributed by atoms with Crippen molar-refractivity contribution in [1.29, 1.82) is 0 Å². The first-order valence-electron chi connectivity index (χ1n) is 6.18. The predicted octanol–water partition coefficient (Wildman–Crippen LogP) is 0.302. The highest BCUT2D eigenvalue weighted by Crippen LogP contribution is 2.24. The van der Waals surface area contributed by atoms with Gasteiger partial charge in [0.05, 0.1) is 25.9 Å². The van der Waals surface area contributed by atoms with Gasteiger partial charge in [0.25, 0.3) is 5.91 Å². The van der Waals surface area contributed by atoms with Crippen molar-refractivity contribution in [2.75, 3.05) is 44.0 Å². The molecule has 2 rings (SSSR count). The molecule has 0 aliphatic carbocycles. The van der Waals surface area contributed by atoms with Gasteiger partial charge in [0.2, 0.25) is 0 Å². The van der Waals surface area contributed by atoms with E-state index in [-0.39, 0.29) is 17.8 Å². The quantitative estimate of drug-likeness (QED) is 0.720. The highest BCUT2D eigenvalue weighted by Gasteiger charge is 2.19. The van der Waals surface area contributed by atoms with Gasteiger partial charge in [0.15, 0.2) is 5.13 Å². The van der Waals surface area contributed by atoms with Gasteiger partial charge in [0.1, 0.15) is 10.7 Å². The van der Waals surface area contributed by atoms with Gasteiger partial charge in [-0.1, -0.05) is 11.3 Å².